The van der Waals surface area contributed by atoms with E-state index in [0.29, 0.717) is 28.9 Å². The van der Waals surface area contributed by atoms with Gasteiger partial charge in [-0.25, -0.2) is 0 Å². The molecule has 0 radical (unpaired) electrons. The summed E-state index contributed by atoms with van der Waals surface area (Å²) in [6, 6.07) is 8.96. The minimum atomic E-state index is -2.50. The molecule has 0 amide bonds. The predicted octanol–water partition coefficient (Wildman–Crippen LogP) is 4.33. The lowest BCUT2D eigenvalue weighted by Crippen LogP contribution is -2.57. The molecule has 4 N–H and O–H groups in total. The quantitative estimate of drug-likeness (QED) is 0.439. The largest absolute Gasteiger partial charge is 0.508 e. The molecule has 0 aromatic heterocycles. The van der Waals surface area contributed by atoms with Crippen molar-refractivity contribution in [1.29, 1.82) is 0 Å². The number of hydrogen-bond donors (Lipinski definition) is 4. The fourth-order valence-corrected chi connectivity index (χ4v) is 6.33. The zero-order valence-corrected chi connectivity index (χ0v) is 21.7. The highest BCUT2D eigenvalue weighted by Gasteiger charge is 2.60. The highest BCUT2D eigenvalue weighted by Crippen LogP contribution is 2.54. The van der Waals surface area contributed by atoms with Crippen LogP contribution >= 0.6 is 0 Å². The first-order valence-corrected chi connectivity index (χ1v) is 12.6. The summed E-state index contributed by atoms with van der Waals surface area (Å²) in [5, 5.41) is 45.2. The standard InChI is InChI=1S/C30H30O8/c1-13(2)19-12-20(15-5-7-18(38-4)8-6-15)26(33)25-21(19)10-16-9-17-11-22(32)23(14(3)31)28(35)30(17,37)29(36)24(16)27(25)34/h5-8,12-13,16-17,33-35,37H,9-11H2,1-4H3. The number of carbonyl (C=O) groups is 3. The molecule has 1 fully saturated rings. The number of rotatable bonds is 4. The molecule has 0 aliphatic heterocycles. The number of ketones is 3. The number of hydrogen-bond acceptors (Lipinski definition) is 8. The molecule has 8 heteroatoms. The number of phenols is 1. The molecule has 0 saturated heterocycles. The Bertz CT molecular complexity index is 1460. The third-order valence-electron chi connectivity index (χ3n) is 8.23. The van der Waals surface area contributed by atoms with Gasteiger partial charge in [-0.1, -0.05) is 26.0 Å². The minimum absolute atomic E-state index is 0.0216. The molecule has 3 aliphatic rings. The molecule has 5 rings (SSSR count). The van der Waals surface area contributed by atoms with E-state index in [1.165, 1.54) is 0 Å². The van der Waals surface area contributed by atoms with Gasteiger partial charge in [-0.2, -0.15) is 0 Å². The van der Waals surface area contributed by atoms with Crippen LogP contribution in [0.25, 0.3) is 16.9 Å². The second-order valence-corrected chi connectivity index (χ2v) is 10.7. The summed E-state index contributed by atoms with van der Waals surface area (Å²) >= 11 is 0. The van der Waals surface area contributed by atoms with Crippen molar-refractivity contribution in [2.45, 2.75) is 51.6 Å². The Kier molecular flexibility index (Phi) is 5.98. The Morgan fingerprint density at radius 3 is 2.32 bits per heavy atom. The van der Waals surface area contributed by atoms with E-state index in [1.54, 1.807) is 31.4 Å². The van der Waals surface area contributed by atoms with Crippen molar-refractivity contribution in [3.8, 4) is 22.6 Å². The van der Waals surface area contributed by atoms with E-state index >= 15 is 0 Å². The van der Waals surface area contributed by atoms with E-state index in [4.69, 9.17) is 4.74 Å². The molecule has 38 heavy (non-hydrogen) atoms. The summed E-state index contributed by atoms with van der Waals surface area (Å²) in [6.45, 7) is 5.08. The van der Waals surface area contributed by atoms with E-state index < -0.39 is 51.9 Å². The van der Waals surface area contributed by atoms with Crippen LogP contribution in [0.2, 0.25) is 0 Å². The third kappa shape index (κ3) is 3.50. The molecule has 0 heterocycles. The summed E-state index contributed by atoms with van der Waals surface area (Å²) < 4.78 is 5.23. The van der Waals surface area contributed by atoms with Crippen LogP contribution in [0.3, 0.4) is 0 Å². The number of fused-ring (bicyclic) bond motifs is 3. The second-order valence-electron chi connectivity index (χ2n) is 10.7. The molecule has 1 saturated carbocycles. The molecular weight excluding hydrogens is 488 g/mol. The molecular formula is C30H30O8. The summed E-state index contributed by atoms with van der Waals surface area (Å²) in [5.41, 5.74) is -0.351. The van der Waals surface area contributed by atoms with Crippen LogP contribution in [-0.2, 0) is 20.8 Å². The first-order chi connectivity index (χ1) is 17.9. The van der Waals surface area contributed by atoms with E-state index in [-0.39, 0.29) is 35.6 Å². The van der Waals surface area contributed by atoms with Crippen molar-refractivity contribution in [3.05, 3.63) is 63.9 Å². The maximum atomic E-state index is 13.8. The van der Waals surface area contributed by atoms with Gasteiger partial charge in [0.2, 0.25) is 5.78 Å². The monoisotopic (exact) mass is 518 g/mol. The van der Waals surface area contributed by atoms with Crippen molar-refractivity contribution >= 4 is 23.1 Å². The van der Waals surface area contributed by atoms with Gasteiger partial charge < -0.3 is 25.2 Å². The lowest BCUT2D eigenvalue weighted by atomic mass is 9.58. The van der Waals surface area contributed by atoms with Crippen molar-refractivity contribution in [3.63, 3.8) is 0 Å². The van der Waals surface area contributed by atoms with Crippen LogP contribution < -0.4 is 4.74 Å². The van der Waals surface area contributed by atoms with Crippen LogP contribution in [0.4, 0.5) is 0 Å². The first kappa shape index (κ1) is 25.7. The van der Waals surface area contributed by atoms with Gasteiger partial charge in [-0.15, -0.1) is 0 Å². The Balaban J connectivity index is 1.73. The van der Waals surface area contributed by atoms with Gasteiger partial charge in [0.1, 0.15) is 28.6 Å². The van der Waals surface area contributed by atoms with Crippen LogP contribution in [0.5, 0.6) is 11.5 Å². The van der Waals surface area contributed by atoms with Crippen molar-refractivity contribution < 1.29 is 39.5 Å². The van der Waals surface area contributed by atoms with E-state index in [1.807, 2.05) is 19.9 Å². The molecule has 3 atom stereocenters. The van der Waals surface area contributed by atoms with E-state index in [9.17, 15) is 34.8 Å². The Morgan fingerprint density at radius 2 is 1.74 bits per heavy atom. The molecule has 2 aromatic rings. The van der Waals surface area contributed by atoms with Gasteiger partial charge in [0, 0.05) is 23.5 Å². The number of ether oxygens (including phenoxy) is 1. The number of aliphatic hydroxyl groups is 3. The molecule has 8 nitrogen and oxygen atoms in total. The van der Waals surface area contributed by atoms with Gasteiger partial charge in [0.15, 0.2) is 17.2 Å². The molecule has 2 aromatic carbocycles. The maximum Gasteiger partial charge on any atom is 0.202 e. The van der Waals surface area contributed by atoms with Gasteiger partial charge in [0.05, 0.1) is 12.7 Å². The Morgan fingerprint density at radius 1 is 1.08 bits per heavy atom. The fourth-order valence-electron chi connectivity index (χ4n) is 6.33. The van der Waals surface area contributed by atoms with Gasteiger partial charge in [-0.3, -0.25) is 14.4 Å². The zero-order chi connectivity index (χ0) is 27.7. The number of carbonyl (C=O) groups excluding carboxylic acids is 3. The molecule has 3 unspecified atom stereocenters. The molecule has 0 bridgehead atoms. The van der Waals surface area contributed by atoms with Crippen molar-refractivity contribution in [1.82, 2.24) is 0 Å². The van der Waals surface area contributed by atoms with Crippen LogP contribution in [-0.4, -0.2) is 50.5 Å². The lowest BCUT2D eigenvalue weighted by Gasteiger charge is -2.46. The summed E-state index contributed by atoms with van der Waals surface area (Å²) in [7, 11) is 1.55. The maximum absolute atomic E-state index is 13.8. The lowest BCUT2D eigenvalue weighted by molar-refractivity contribution is -0.147. The number of allylic oxidation sites excluding steroid dienone is 1. The number of aliphatic hydroxyl groups excluding tert-OH is 2. The van der Waals surface area contributed by atoms with Crippen LogP contribution in [0.15, 0.2) is 47.2 Å². The number of Topliss-reactive ketones (excluding diaryl/α,β-unsaturated/α-hetero) is 3. The Labute approximate surface area is 219 Å². The van der Waals surface area contributed by atoms with Crippen LogP contribution in [0, 0.1) is 11.8 Å². The third-order valence-corrected chi connectivity index (χ3v) is 8.23. The average molecular weight is 519 g/mol. The van der Waals surface area contributed by atoms with Crippen molar-refractivity contribution in [2.24, 2.45) is 11.8 Å². The van der Waals surface area contributed by atoms with E-state index in [0.717, 1.165) is 12.5 Å². The topological polar surface area (TPSA) is 141 Å². The number of phenolic OH excluding ortho intramolecular Hbond substituents is 1. The highest BCUT2D eigenvalue weighted by atomic mass is 16.5. The SMILES string of the molecule is COc1ccc(-c2cc(C(C)C)c3c(c2O)C(O)=C2C(=O)C4(O)C(O)=C(C(C)=O)C(=O)CC4CC2C3)cc1. The first-order valence-electron chi connectivity index (χ1n) is 12.6. The number of benzene rings is 2. The van der Waals surface area contributed by atoms with E-state index in [2.05, 4.69) is 0 Å². The number of methoxy groups -OCH3 is 1. The highest BCUT2D eigenvalue weighted by molar-refractivity contribution is 6.23. The molecule has 198 valence electrons. The predicted molar refractivity (Wildman–Crippen MR) is 139 cm³/mol. The van der Waals surface area contributed by atoms with Crippen molar-refractivity contribution in [2.75, 3.05) is 7.11 Å². The van der Waals surface area contributed by atoms with Gasteiger partial charge in [0.25, 0.3) is 0 Å². The second kappa shape index (κ2) is 8.84. The minimum Gasteiger partial charge on any atom is -0.508 e. The van der Waals surface area contributed by atoms with Crippen LogP contribution in [0.1, 0.15) is 56.2 Å². The smallest absolute Gasteiger partial charge is 0.202 e. The average Bonchev–Trinajstić information content (AvgIpc) is 2.86. The normalized spacial score (nSPS) is 24.8. The zero-order valence-electron chi connectivity index (χ0n) is 21.7. The summed E-state index contributed by atoms with van der Waals surface area (Å²) in [4.78, 5) is 38.5. The van der Waals surface area contributed by atoms with Gasteiger partial charge in [-0.05, 0) is 66.5 Å². The van der Waals surface area contributed by atoms with Gasteiger partial charge >= 0.3 is 0 Å². The Hall–Kier alpha value is -3.91. The fraction of sp³-hybridized carbons (Fsp3) is 0.367. The summed E-state index contributed by atoms with van der Waals surface area (Å²) in [6.07, 6.45) is 0.174. The number of aromatic hydroxyl groups is 1. The molecule has 3 aliphatic carbocycles. The summed E-state index contributed by atoms with van der Waals surface area (Å²) in [5.74, 6) is -4.76. The molecule has 0 spiro atoms.